The summed E-state index contributed by atoms with van der Waals surface area (Å²) in [5.74, 6) is -1.61. The number of fused-ring (bicyclic) bond motifs is 1. The van der Waals surface area contributed by atoms with E-state index in [0.29, 0.717) is 21.3 Å². The van der Waals surface area contributed by atoms with Gasteiger partial charge in [-0.25, -0.2) is 13.4 Å². The maximum atomic E-state index is 13.1. The third kappa shape index (κ3) is 7.60. The number of aryl methyl sites for hydroxylation is 1. The number of Topliss-reactive ketones (excluding diaryl/α,β-unsaturated/α-hetero) is 1. The number of hydrogen-bond donors (Lipinski definition) is 1. The van der Waals surface area contributed by atoms with Crippen LogP contribution < -0.4 is 5.32 Å². The normalized spacial score (nSPS) is 17.2. The van der Waals surface area contributed by atoms with Crippen molar-refractivity contribution in [3.63, 3.8) is 0 Å². The monoisotopic (exact) mass is 648 g/mol. The van der Waals surface area contributed by atoms with Crippen LogP contribution in [0.25, 0.3) is 5.65 Å². The molecule has 0 spiro atoms. The molecule has 1 aliphatic heterocycles. The highest BCUT2D eigenvalue weighted by molar-refractivity contribution is 7.90. The molecule has 1 unspecified atom stereocenters. The van der Waals surface area contributed by atoms with Gasteiger partial charge in [0.2, 0.25) is 5.78 Å². The molecule has 1 fully saturated rings. The van der Waals surface area contributed by atoms with E-state index in [4.69, 9.17) is 39.5 Å². The molecule has 3 rings (SSSR count). The van der Waals surface area contributed by atoms with Crippen LogP contribution in [0.2, 0.25) is 0 Å². The third-order valence-electron chi connectivity index (χ3n) is 6.37. The van der Waals surface area contributed by atoms with Gasteiger partial charge in [0.15, 0.2) is 0 Å². The lowest BCUT2D eigenvalue weighted by atomic mass is 9.91. The minimum Gasteiger partial charge on any atom is -0.459 e. The van der Waals surface area contributed by atoms with Crippen LogP contribution in [0.3, 0.4) is 0 Å². The minimum absolute atomic E-state index is 0.0541. The largest absolute Gasteiger partial charge is 0.511 e. The molecule has 0 aliphatic carbocycles. The van der Waals surface area contributed by atoms with E-state index in [1.807, 2.05) is 0 Å². The standard InChI is InChI=1S/C24H30Cl3F3N4O5S/c1-14-19(20(35)23(25,26)27)34-16(6-5-7-18(34)32-14)13-31-17(21(36)39-22(2,3)4)12-15-8-10-33(11-9-15)40(37,38)24(28,29)30/h5-7,15,17,31H,8-13H2,1-4H3. The fraction of sp³-hybridized carbons (Fsp3) is 0.625. The SMILES string of the molecule is Cc1nc2cccc(CNC(CC3CCN(S(=O)(=O)C(F)(F)F)CC3)C(=O)OC(C)(C)C)n2c1C(=O)C(Cl)(Cl)Cl. The molecular formula is C24H30Cl3F3N4O5S. The van der Waals surface area contributed by atoms with E-state index in [-0.39, 0.29) is 50.5 Å². The van der Waals surface area contributed by atoms with Crippen molar-refractivity contribution < 1.29 is 35.9 Å². The Balaban J connectivity index is 1.83. The first kappa shape index (κ1) is 32.9. The molecular weight excluding hydrogens is 620 g/mol. The molecule has 0 radical (unpaired) electrons. The average Bonchev–Trinajstić information content (AvgIpc) is 3.15. The van der Waals surface area contributed by atoms with E-state index in [1.54, 1.807) is 45.9 Å². The lowest BCUT2D eigenvalue weighted by molar-refractivity contribution is -0.158. The Morgan fingerprint density at radius 1 is 1.15 bits per heavy atom. The molecule has 40 heavy (non-hydrogen) atoms. The highest BCUT2D eigenvalue weighted by Crippen LogP contribution is 2.33. The third-order valence-corrected chi connectivity index (χ3v) is 8.51. The molecule has 1 saturated heterocycles. The van der Waals surface area contributed by atoms with Gasteiger partial charge < -0.3 is 4.74 Å². The fourth-order valence-electron chi connectivity index (χ4n) is 4.54. The Bertz CT molecular complexity index is 1360. The Kier molecular flexibility index (Phi) is 9.80. The summed E-state index contributed by atoms with van der Waals surface area (Å²) in [6, 6.07) is 4.19. The number of carbonyl (C=O) groups is 2. The van der Waals surface area contributed by atoms with E-state index in [2.05, 4.69) is 10.3 Å². The van der Waals surface area contributed by atoms with Crippen LogP contribution in [-0.2, 0) is 26.1 Å². The molecule has 1 atom stereocenters. The summed E-state index contributed by atoms with van der Waals surface area (Å²) in [6.45, 7) is 6.12. The number of rotatable bonds is 8. The van der Waals surface area contributed by atoms with Crippen molar-refractivity contribution in [2.45, 2.75) is 74.4 Å². The quantitative estimate of drug-likeness (QED) is 0.245. The fourth-order valence-corrected chi connectivity index (χ4v) is 5.79. The maximum absolute atomic E-state index is 13.1. The molecule has 2 aromatic heterocycles. The molecule has 0 saturated carbocycles. The maximum Gasteiger partial charge on any atom is 0.511 e. The van der Waals surface area contributed by atoms with E-state index >= 15 is 0 Å². The van der Waals surface area contributed by atoms with Crippen LogP contribution in [0.4, 0.5) is 13.2 Å². The van der Waals surface area contributed by atoms with E-state index < -0.39 is 42.7 Å². The van der Waals surface area contributed by atoms with Crippen molar-refractivity contribution in [1.29, 1.82) is 0 Å². The molecule has 9 nitrogen and oxygen atoms in total. The lowest BCUT2D eigenvalue weighted by Crippen LogP contribution is -2.47. The van der Waals surface area contributed by atoms with Crippen LogP contribution >= 0.6 is 34.8 Å². The number of pyridine rings is 1. The molecule has 2 aromatic rings. The molecule has 0 bridgehead atoms. The van der Waals surface area contributed by atoms with Gasteiger partial charge in [-0.2, -0.15) is 17.5 Å². The number of piperidine rings is 1. The van der Waals surface area contributed by atoms with Crippen molar-refractivity contribution in [2.75, 3.05) is 13.1 Å². The predicted octanol–water partition coefficient (Wildman–Crippen LogP) is 4.95. The van der Waals surface area contributed by atoms with Gasteiger partial charge in [-0.05, 0) is 65.0 Å². The number of sulfonamides is 1. The molecule has 1 N–H and O–H groups in total. The van der Waals surface area contributed by atoms with E-state index in [0.717, 1.165) is 0 Å². The number of ketones is 1. The summed E-state index contributed by atoms with van der Waals surface area (Å²) in [7, 11) is -5.42. The first-order valence-electron chi connectivity index (χ1n) is 12.3. The average molecular weight is 650 g/mol. The van der Waals surface area contributed by atoms with Crippen molar-refractivity contribution >= 4 is 62.2 Å². The van der Waals surface area contributed by atoms with Gasteiger partial charge in [-0.3, -0.25) is 19.3 Å². The first-order valence-corrected chi connectivity index (χ1v) is 14.9. The number of imidazole rings is 1. The summed E-state index contributed by atoms with van der Waals surface area (Å²) in [5.41, 5.74) is -4.83. The summed E-state index contributed by atoms with van der Waals surface area (Å²) in [5, 5.41) is 3.13. The Hall–Kier alpha value is -1.64. The van der Waals surface area contributed by atoms with Gasteiger partial charge in [-0.15, -0.1) is 0 Å². The van der Waals surface area contributed by atoms with Crippen molar-refractivity contribution in [2.24, 2.45) is 5.92 Å². The molecule has 224 valence electrons. The van der Waals surface area contributed by atoms with E-state index in [9.17, 15) is 31.2 Å². The van der Waals surface area contributed by atoms with E-state index in [1.165, 1.54) is 4.40 Å². The molecule has 0 amide bonds. The Morgan fingerprint density at radius 3 is 2.27 bits per heavy atom. The smallest absolute Gasteiger partial charge is 0.459 e. The summed E-state index contributed by atoms with van der Waals surface area (Å²) < 4.78 is 67.7. The highest BCUT2D eigenvalue weighted by Gasteiger charge is 2.50. The topological polar surface area (TPSA) is 110 Å². The van der Waals surface area contributed by atoms with Crippen LogP contribution in [0.1, 0.15) is 61.9 Å². The van der Waals surface area contributed by atoms with Crippen LogP contribution in [0.15, 0.2) is 18.2 Å². The zero-order chi connectivity index (χ0) is 30.3. The molecule has 0 aromatic carbocycles. The molecule has 1 aliphatic rings. The number of nitrogens with one attached hydrogen (secondary N) is 1. The second-order valence-corrected chi connectivity index (χ2v) is 14.8. The number of halogens is 6. The zero-order valence-electron chi connectivity index (χ0n) is 22.2. The van der Waals surface area contributed by atoms with Gasteiger partial charge in [0.25, 0.3) is 3.79 Å². The van der Waals surface area contributed by atoms with Crippen LogP contribution in [-0.4, -0.2) is 67.9 Å². The molecule has 3 heterocycles. The minimum atomic E-state index is -5.42. The number of alkyl halides is 6. The Morgan fingerprint density at radius 2 is 1.75 bits per heavy atom. The molecule has 16 heteroatoms. The van der Waals surface area contributed by atoms with Gasteiger partial charge >= 0.3 is 21.5 Å². The summed E-state index contributed by atoms with van der Waals surface area (Å²) >= 11 is 17.6. The first-order chi connectivity index (χ1) is 18.2. The van der Waals surface area contributed by atoms with Crippen molar-refractivity contribution in [1.82, 2.24) is 19.0 Å². The second-order valence-electron chi connectivity index (χ2n) is 10.6. The van der Waals surface area contributed by atoms with Crippen molar-refractivity contribution in [3.05, 3.63) is 35.3 Å². The van der Waals surface area contributed by atoms with Crippen molar-refractivity contribution in [3.8, 4) is 0 Å². The number of ether oxygens (including phenoxy) is 1. The zero-order valence-corrected chi connectivity index (χ0v) is 25.3. The van der Waals surface area contributed by atoms with Crippen LogP contribution in [0.5, 0.6) is 0 Å². The number of esters is 1. The van der Waals surface area contributed by atoms with Crippen LogP contribution in [0, 0.1) is 12.8 Å². The van der Waals surface area contributed by atoms with Gasteiger partial charge in [0.1, 0.15) is 23.0 Å². The summed E-state index contributed by atoms with van der Waals surface area (Å²) in [4.78, 5) is 30.4. The number of hydrogen-bond acceptors (Lipinski definition) is 7. The second kappa shape index (κ2) is 11.9. The highest BCUT2D eigenvalue weighted by atomic mass is 35.6. The number of aromatic nitrogens is 2. The number of carbonyl (C=O) groups excluding carboxylic acids is 2. The number of nitrogens with zero attached hydrogens (tertiary/aromatic N) is 3. The van der Waals surface area contributed by atoms with Gasteiger partial charge in [-0.1, -0.05) is 40.9 Å². The van der Waals surface area contributed by atoms with Gasteiger partial charge in [0, 0.05) is 25.3 Å². The Labute approximate surface area is 245 Å². The van der Waals surface area contributed by atoms with Gasteiger partial charge in [0.05, 0.1) is 5.69 Å². The summed E-state index contributed by atoms with van der Waals surface area (Å²) in [6.07, 6.45) is 0.455. The lowest BCUT2D eigenvalue weighted by Gasteiger charge is -2.33. The predicted molar refractivity (Wildman–Crippen MR) is 145 cm³/mol.